The number of nitrogens with zero attached hydrogens (tertiary/aromatic N) is 3. The van der Waals surface area contributed by atoms with Gasteiger partial charge >= 0.3 is 0 Å². The number of ether oxygens (including phenoxy) is 1. The van der Waals surface area contributed by atoms with Crippen LogP contribution < -0.4 is 0 Å². The molecule has 108 valence electrons. The first kappa shape index (κ1) is 13.8. The monoisotopic (exact) mass is 281 g/mol. The molecule has 0 fully saturated rings. The van der Waals surface area contributed by atoms with Crippen molar-refractivity contribution in [1.82, 2.24) is 14.5 Å². The summed E-state index contributed by atoms with van der Waals surface area (Å²) in [5, 5.41) is 0. The van der Waals surface area contributed by atoms with Crippen LogP contribution in [0.5, 0.6) is 0 Å². The number of hydrogen-bond acceptors (Lipinski definition) is 3. The second kappa shape index (κ2) is 6.06. The lowest BCUT2D eigenvalue weighted by Crippen LogP contribution is -2.08. The van der Waals surface area contributed by atoms with Crippen molar-refractivity contribution >= 4 is 11.2 Å². The molecular formula is C17H19N3O. The molecule has 21 heavy (non-hydrogen) atoms. The van der Waals surface area contributed by atoms with Crippen molar-refractivity contribution in [2.75, 3.05) is 13.7 Å². The predicted molar refractivity (Wildman–Crippen MR) is 83.4 cm³/mol. The van der Waals surface area contributed by atoms with Crippen LogP contribution in [-0.2, 0) is 17.7 Å². The van der Waals surface area contributed by atoms with E-state index >= 15 is 0 Å². The average Bonchev–Trinajstić information content (AvgIpc) is 2.83. The van der Waals surface area contributed by atoms with Gasteiger partial charge in [0.15, 0.2) is 5.65 Å². The highest BCUT2D eigenvalue weighted by Crippen LogP contribution is 2.17. The Balaban J connectivity index is 2.02. The Labute approximate surface area is 124 Å². The Morgan fingerprint density at radius 1 is 1.19 bits per heavy atom. The molecule has 0 aliphatic rings. The van der Waals surface area contributed by atoms with Crippen molar-refractivity contribution in [3.8, 4) is 0 Å². The van der Waals surface area contributed by atoms with Crippen molar-refractivity contribution in [2.45, 2.75) is 19.9 Å². The van der Waals surface area contributed by atoms with Gasteiger partial charge in [0, 0.05) is 19.7 Å². The maximum absolute atomic E-state index is 5.19. The summed E-state index contributed by atoms with van der Waals surface area (Å²) < 4.78 is 7.38. The zero-order chi connectivity index (χ0) is 14.7. The lowest BCUT2D eigenvalue weighted by atomic mass is 10.1. The summed E-state index contributed by atoms with van der Waals surface area (Å²) >= 11 is 0. The van der Waals surface area contributed by atoms with Crippen molar-refractivity contribution in [2.24, 2.45) is 0 Å². The molecular weight excluding hydrogens is 262 g/mol. The zero-order valence-corrected chi connectivity index (χ0v) is 12.4. The number of benzene rings is 1. The third-order valence-corrected chi connectivity index (χ3v) is 3.54. The molecule has 0 N–H and O–H groups in total. The first-order valence-electron chi connectivity index (χ1n) is 7.12. The minimum absolute atomic E-state index is 0.664. The van der Waals surface area contributed by atoms with E-state index in [4.69, 9.17) is 4.74 Å². The zero-order valence-electron chi connectivity index (χ0n) is 12.4. The summed E-state index contributed by atoms with van der Waals surface area (Å²) in [7, 11) is 1.71. The topological polar surface area (TPSA) is 39.9 Å². The number of imidazole rings is 1. The quantitative estimate of drug-likeness (QED) is 0.722. The maximum atomic E-state index is 5.19. The predicted octanol–water partition coefficient (Wildman–Crippen LogP) is 2.98. The molecule has 4 nitrogen and oxygen atoms in total. The molecule has 0 saturated heterocycles. The average molecular weight is 281 g/mol. The molecule has 0 saturated carbocycles. The third kappa shape index (κ3) is 2.95. The number of pyridine rings is 1. The molecule has 0 aliphatic heterocycles. The van der Waals surface area contributed by atoms with Crippen LogP contribution in [0, 0.1) is 6.92 Å². The van der Waals surface area contributed by atoms with Crippen LogP contribution in [0.15, 0.2) is 42.6 Å². The van der Waals surface area contributed by atoms with E-state index < -0.39 is 0 Å². The molecule has 0 spiro atoms. The van der Waals surface area contributed by atoms with E-state index in [1.807, 2.05) is 18.3 Å². The van der Waals surface area contributed by atoms with Crippen LogP contribution in [0.3, 0.4) is 0 Å². The van der Waals surface area contributed by atoms with Crippen molar-refractivity contribution < 1.29 is 4.74 Å². The number of fused-ring (bicyclic) bond motifs is 1. The lowest BCUT2D eigenvalue weighted by Gasteiger charge is -2.09. The standard InChI is InChI=1S/C17H19N3O/c1-13-5-3-6-14(11-13)12-20-16(8-10-21-2)19-15-7-4-9-18-17(15)20/h3-7,9,11H,8,10,12H2,1-2H3. The Bertz CT molecular complexity index is 749. The summed E-state index contributed by atoms with van der Waals surface area (Å²) in [4.78, 5) is 9.18. The van der Waals surface area contributed by atoms with Gasteiger partial charge in [0.2, 0.25) is 0 Å². The molecule has 4 heteroatoms. The molecule has 0 bridgehead atoms. The molecule has 3 rings (SSSR count). The van der Waals surface area contributed by atoms with Crippen molar-refractivity contribution in [1.29, 1.82) is 0 Å². The van der Waals surface area contributed by atoms with Gasteiger partial charge in [-0.05, 0) is 24.6 Å². The van der Waals surface area contributed by atoms with Crippen molar-refractivity contribution in [3.05, 3.63) is 59.5 Å². The Morgan fingerprint density at radius 2 is 2.10 bits per heavy atom. The molecule has 2 aromatic heterocycles. The highest BCUT2D eigenvalue weighted by molar-refractivity contribution is 5.71. The fourth-order valence-electron chi connectivity index (χ4n) is 2.55. The Hall–Kier alpha value is -2.20. The third-order valence-electron chi connectivity index (χ3n) is 3.54. The normalized spacial score (nSPS) is 11.1. The van der Waals surface area contributed by atoms with Gasteiger partial charge < -0.3 is 9.30 Å². The highest BCUT2D eigenvalue weighted by atomic mass is 16.5. The summed E-state index contributed by atoms with van der Waals surface area (Å²) in [6.07, 6.45) is 2.61. The van der Waals surface area contributed by atoms with Gasteiger partial charge in [0.25, 0.3) is 0 Å². The Kier molecular flexibility index (Phi) is 3.97. The van der Waals surface area contributed by atoms with Gasteiger partial charge in [-0.2, -0.15) is 0 Å². The molecule has 0 radical (unpaired) electrons. The van der Waals surface area contributed by atoms with E-state index in [1.54, 1.807) is 7.11 Å². The molecule has 3 aromatic rings. The van der Waals surface area contributed by atoms with Crippen LogP contribution >= 0.6 is 0 Å². The van der Waals surface area contributed by atoms with Crippen LogP contribution in [0.2, 0.25) is 0 Å². The van der Waals surface area contributed by atoms with E-state index in [0.29, 0.717) is 6.61 Å². The minimum atomic E-state index is 0.664. The summed E-state index contributed by atoms with van der Waals surface area (Å²) in [6, 6.07) is 12.5. The van der Waals surface area contributed by atoms with Gasteiger partial charge in [0.1, 0.15) is 11.3 Å². The van der Waals surface area contributed by atoms with Crippen LogP contribution in [-0.4, -0.2) is 28.3 Å². The second-order valence-electron chi connectivity index (χ2n) is 5.19. The SMILES string of the molecule is COCCc1nc2cccnc2n1Cc1cccc(C)c1. The van der Waals surface area contributed by atoms with Gasteiger partial charge in [-0.3, -0.25) is 0 Å². The van der Waals surface area contributed by atoms with Gasteiger partial charge in [0.05, 0.1) is 13.2 Å². The van der Waals surface area contributed by atoms with Crippen molar-refractivity contribution in [3.63, 3.8) is 0 Å². The Morgan fingerprint density at radius 3 is 2.90 bits per heavy atom. The smallest absolute Gasteiger partial charge is 0.160 e. The minimum Gasteiger partial charge on any atom is -0.384 e. The fraction of sp³-hybridized carbons (Fsp3) is 0.294. The highest BCUT2D eigenvalue weighted by Gasteiger charge is 2.11. The van der Waals surface area contributed by atoms with Crippen LogP contribution in [0.4, 0.5) is 0 Å². The molecule has 0 amide bonds. The molecule has 0 unspecified atom stereocenters. The van der Waals surface area contributed by atoms with Crippen LogP contribution in [0.1, 0.15) is 17.0 Å². The van der Waals surface area contributed by atoms with Gasteiger partial charge in [-0.15, -0.1) is 0 Å². The van der Waals surface area contributed by atoms with Crippen LogP contribution in [0.25, 0.3) is 11.2 Å². The summed E-state index contributed by atoms with van der Waals surface area (Å²) in [5.41, 5.74) is 4.41. The second-order valence-corrected chi connectivity index (χ2v) is 5.19. The largest absolute Gasteiger partial charge is 0.384 e. The number of hydrogen-bond donors (Lipinski definition) is 0. The lowest BCUT2D eigenvalue weighted by molar-refractivity contribution is 0.200. The van der Waals surface area contributed by atoms with E-state index in [0.717, 1.165) is 30.0 Å². The molecule has 2 heterocycles. The molecule has 0 atom stereocenters. The number of methoxy groups -OCH3 is 1. The van der Waals surface area contributed by atoms with E-state index in [1.165, 1.54) is 11.1 Å². The van der Waals surface area contributed by atoms with E-state index in [-0.39, 0.29) is 0 Å². The first-order chi connectivity index (χ1) is 10.3. The summed E-state index contributed by atoms with van der Waals surface area (Å²) in [5.74, 6) is 1.02. The molecule has 0 aliphatic carbocycles. The van der Waals surface area contributed by atoms with E-state index in [2.05, 4.69) is 45.7 Å². The maximum Gasteiger partial charge on any atom is 0.160 e. The first-order valence-corrected chi connectivity index (χ1v) is 7.12. The van der Waals surface area contributed by atoms with Gasteiger partial charge in [-0.1, -0.05) is 29.8 Å². The molecule has 1 aromatic carbocycles. The number of aromatic nitrogens is 3. The summed E-state index contributed by atoms with van der Waals surface area (Å²) in [6.45, 7) is 3.56. The fourth-order valence-corrected chi connectivity index (χ4v) is 2.55. The van der Waals surface area contributed by atoms with E-state index in [9.17, 15) is 0 Å². The number of aryl methyl sites for hydroxylation is 1. The van der Waals surface area contributed by atoms with Gasteiger partial charge in [-0.25, -0.2) is 9.97 Å². The number of rotatable bonds is 5.